The molecule has 1 heterocycles. The van der Waals surface area contributed by atoms with Gasteiger partial charge in [-0.25, -0.2) is 0 Å². The van der Waals surface area contributed by atoms with E-state index in [-0.39, 0.29) is 5.95 Å². The third kappa shape index (κ3) is 3.57. The van der Waals surface area contributed by atoms with Crippen LogP contribution < -0.4 is 15.5 Å². The zero-order chi connectivity index (χ0) is 14.7. The highest BCUT2D eigenvalue weighted by Gasteiger charge is 2.10. The predicted molar refractivity (Wildman–Crippen MR) is 84.8 cm³/mol. The number of hydrogen-bond donors (Lipinski definition) is 1. The van der Waals surface area contributed by atoms with Gasteiger partial charge < -0.3 is 15.5 Å². The molecule has 0 bridgehead atoms. The molecule has 0 saturated heterocycles. The largest absolute Gasteiger partial charge is 0.368 e. The van der Waals surface area contributed by atoms with Crippen LogP contribution in [0.1, 0.15) is 5.56 Å². The first-order valence-corrected chi connectivity index (χ1v) is 6.89. The summed E-state index contributed by atoms with van der Waals surface area (Å²) in [5, 5.41) is 0. The molecule has 20 heavy (non-hydrogen) atoms. The molecule has 0 spiro atoms. The molecule has 2 N–H and O–H groups in total. The van der Waals surface area contributed by atoms with Crippen molar-refractivity contribution < 1.29 is 0 Å². The molecule has 6 nitrogen and oxygen atoms in total. The molecule has 0 radical (unpaired) electrons. The summed E-state index contributed by atoms with van der Waals surface area (Å²) in [5.74, 6) is 1.33. The molecule has 2 rings (SSSR count). The van der Waals surface area contributed by atoms with Crippen molar-refractivity contribution in [3.05, 3.63) is 34.3 Å². The molecule has 0 aliphatic carbocycles. The minimum atomic E-state index is 0.223. The van der Waals surface area contributed by atoms with Gasteiger partial charge in [0.15, 0.2) is 0 Å². The van der Waals surface area contributed by atoms with Crippen molar-refractivity contribution in [3.63, 3.8) is 0 Å². The fourth-order valence-corrected chi connectivity index (χ4v) is 1.94. The number of hydrogen-bond acceptors (Lipinski definition) is 6. The molecular formula is C13H17BrN6. The normalized spacial score (nSPS) is 10.4. The molecule has 106 valence electrons. The van der Waals surface area contributed by atoms with Crippen molar-refractivity contribution in [1.82, 2.24) is 15.0 Å². The topological polar surface area (TPSA) is 71.2 Å². The van der Waals surface area contributed by atoms with Crippen molar-refractivity contribution in [2.45, 2.75) is 6.54 Å². The van der Waals surface area contributed by atoms with Gasteiger partial charge in [-0.2, -0.15) is 15.0 Å². The number of anilines is 3. The van der Waals surface area contributed by atoms with E-state index in [4.69, 9.17) is 5.73 Å². The standard InChI is InChI=1S/C13H17BrN6/c1-19(2)12-16-11(15)17-13(18-12)20(3)8-9-4-6-10(14)7-5-9/h4-7H,8H2,1-3H3,(H2,15,16,17,18). The van der Waals surface area contributed by atoms with Gasteiger partial charge in [-0.05, 0) is 17.7 Å². The Morgan fingerprint density at radius 2 is 1.60 bits per heavy atom. The predicted octanol–water partition coefficient (Wildman–Crippen LogP) is 1.92. The number of aromatic nitrogens is 3. The summed E-state index contributed by atoms with van der Waals surface area (Å²) in [4.78, 5) is 16.4. The van der Waals surface area contributed by atoms with Gasteiger partial charge in [0, 0.05) is 32.2 Å². The fourth-order valence-electron chi connectivity index (χ4n) is 1.67. The van der Waals surface area contributed by atoms with E-state index in [0.717, 1.165) is 4.47 Å². The van der Waals surface area contributed by atoms with Gasteiger partial charge >= 0.3 is 0 Å². The zero-order valence-corrected chi connectivity index (χ0v) is 13.3. The smallest absolute Gasteiger partial charge is 0.231 e. The van der Waals surface area contributed by atoms with E-state index in [1.807, 2.05) is 38.2 Å². The molecule has 0 aliphatic heterocycles. The monoisotopic (exact) mass is 336 g/mol. The lowest BCUT2D eigenvalue weighted by Crippen LogP contribution is -2.22. The van der Waals surface area contributed by atoms with Crippen LogP contribution in [0.5, 0.6) is 0 Å². The number of nitrogen functional groups attached to an aromatic ring is 1. The molecule has 0 fully saturated rings. The number of nitrogens with zero attached hydrogens (tertiary/aromatic N) is 5. The molecule has 1 aromatic carbocycles. The summed E-state index contributed by atoms with van der Waals surface area (Å²) >= 11 is 3.42. The van der Waals surface area contributed by atoms with E-state index in [2.05, 4.69) is 43.0 Å². The molecule has 0 atom stereocenters. The van der Waals surface area contributed by atoms with E-state index in [0.29, 0.717) is 18.4 Å². The minimum Gasteiger partial charge on any atom is -0.368 e. The average Bonchev–Trinajstić information content (AvgIpc) is 2.40. The van der Waals surface area contributed by atoms with Crippen LogP contribution in [0, 0.1) is 0 Å². The van der Waals surface area contributed by atoms with Crippen LogP contribution >= 0.6 is 15.9 Å². The molecule has 0 amide bonds. The van der Waals surface area contributed by atoms with Crippen LogP contribution in [0.4, 0.5) is 17.8 Å². The lowest BCUT2D eigenvalue weighted by molar-refractivity contribution is 0.846. The highest BCUT2D eigenvalue weighted by atomic mass is 79.9. The maximum atomic E-state index is 5.73. The first-order valence-electron chi connectivity index (χ1n) is 6.10. The molecule has 0 saturated carbocycles. The van der Waals surface area contributed by atoms with Crippen molar-refractivity contribution in [2.75, 3.05) is 36.7 Å². The number of nitrogens with two attached hydrogens (primary N) is 1. The van der Waals surface area contributed by atoms with Crippen LogP contribution in [0.2, 0.25) is 0 Å². The van der Waals surface area contributed by atoms with E-state index >= 15 is 0 Å². The van der Waals surface area contributed by atoms with Gasteiger partial charge in [-0.1, -0.05) is 28.1 Å². The van der Waals surface area contributed by atoms with Gasteiger partial charge in [-0.3, -0.25) is 0 Å². The Balaban J connectivity index is 2.20. The average molecular weight is 337 g/mol. The van der Waals surface area contributed by atoms with Crippen LogP contribution in [-0.2, 0) is 6.54 Å². The van der Waals surface area contributed by atoms with E-state index in [9.17, 15) is 0 Å². The van der Waals surface area contributed by atoms with Gasteiger partial charge in [-0.15, -0.1) is 0 Å². The van der Waals surface area contributed by atoms with Crippen molar-refractivity contribution in [2.24, 2.45) is 0 Å². The van der Waals surface area contributed by atoms with E-state index < -0.39 is 0 Å². The highest BCUT2D eigenvalue weighted by molar-refractivity contribution is 9.10. The fraction of sp³-hybridized carbons (Fsp3) is 0.308. The maximum absolute atomic E-state index is 5.73. The first kappa shape index (κ1) is 14.5. The number of rotatable bonds is 4. The molecule has 2 aromatic rings. The van der Waals surface area contributed by atoms with Gasteiger partial charge in [0.05, 0.1) is 0 Å². The lowest BCUT2D eigenvalue weighted by atomic mass is 10.2. The molecule has 1 aromatic heterocycles. The first-order chi connectivity index (χ1) is 9.45. The quantitative estimate of drug-likeness (QED) is 0.919. The third-order valence-electron chi connectivity index (χ3n) is 2.70. The summed E-state index contributed by atoms with van der Waals surface area (Å²) < 4.78 is 1.06. The Morgan fingerprint density at radius 3 is 2.20 bits per heavy atom. The SMILES string of the molecule is CN(C)c1nc(N)nc(N(C)Cc2ccc(Br)cc2)n1. The Labute approximate surface area is 126 Å². The second-order valence-corrected chi connectivity index (χ2v) is 5.59. The van der Waals surface area contributed by atoms with Crippen LogP contribution in [-0.4, -0.2) is 36.1 Å². The van der Waals surface area contributed by atoms with Gasteiger partial charge in [0.1, 0.15) is 0 Å². The molecular weight excluding hydrogens is 320 g/mol. The summed E-state index contributed by atoms with van der Waals surface area (Å²) in [6.07, 6.45) is 0. The molecule has 0 unspecified atom stereocenters. The zero-order valence-electron chi connectivity index (χ0n) is 11.7. The second-order valence-electron chi connectivity index (χ2n) is 4.67. The molecule has 7 heteroatoms. The summed E-state index contributed by atoms with van der Waals surface area (Å²) in [6, 6.07) is 8.13. The Bertz CT molecular complexity index is 584. The maximum Gasteiger partial charge on any atom is 0.231 e. The minimum absolute atomic E-state index is 0.223. The number of benzene rings is 1. The summed E-state index contributed by atoms with van der Waals surface area (Å²) in [6.45, 7) is 0.698. The summed E-state index contributed by atoms with van der Waals surface area (Å²) in [5.41, 5.74) is 6.89. The van der Waals surface area contributed by atoms with Crippen LogP contribution in [0.3, 0.4) is 0 Å². The van der Waals surface area contributed by atoms with Crippen LogP contribution in [0.15, 0.2) is 28.7 Å². The van der Waals surface area contributed by atoms with E-state index in [1.54, 1.807) is 4.90 Å². The van der Waals surface area contributed by atoms with Crippen molar-refractivity contribution in [1.29, 1.82) is 0 Å². The Hall–Kier alpha value is -1.89. The van der Waals surface area contributed by atoms with Gasteiger partial charge in [0.25, 0.3) is 0 Å². The van der Waals surface area contributed by atoms with Crippen molar-refractivity contribution in [3.8, 4) is 0 Å². The lowest BCUT2D eigenvalue weighted by Gasteiger charge is -2.19. The van der Waals surface area contributed by atoms with Crippen LogP contribution in [0.25, 0.3) is 0 Å². The van der Waals surface area contributed by atoms with Gasteiger partial charge in [0.2, 0.25) is 17.8 Å². The molecule has 0 aliphatic rings. The third-order valence-corrected chi connectivity index (χ3v) is 3.23. The number of halogens is 1. The van der Waals surface area contributed by atoms with Crippen molar-refractivity contribution >= 4 is 33.8 Å². The highest BCUT2D eigenvalue weighted by Crippen LogP contribution is 2.16. The summed E-state index contributed by atoms with van der Waals surface area (Å²) in [7, 11) is 5.66. The Kier molecular flexibility index (Phi) is 4.39. The Morgan fingerprint density at radius 1 is 1.00 bits per heavy atom. The van der Waals surface area contributed by atoms with E-state index in [1.165, 1.54) is 5.56 Å². The second kappa shape index (κ2) is 6.04.